The highest BCUT2D eigenvalue weighted by Gasteiger charge is 2.26. The molecule has 0 saturated carbocycles. The van der Waals surface area contributed by atoms with Crippen molar-refractivity contribution in [3.8, 4) is 0 Å². The summed E-state index contributed by atoms with van der Waals surface area (Å²) in [6.45, 7) is 11.2. The molecule has 2 amide bonds. The Kier molecular flexibility index (Phi) is 9.42. The molecule has 3 rings (SSSR count). The molecule has 8 nitrogen and oxygen atoms in total. The van der Waals surface area contributed by atoms with E-state index in [1.807, 2.05) is 18.4 Å². The van der Waals surface area contributed by atoms with E-state index in [2.05, 4.69) is 46.4 Å². The maximum Gasteiger partial charge on any atom is 0.315 e. The van der Waals surface area contributed by atoms with Gasteiger partial charge in [-0.3, -0.25) is 4.79 Å². The van der Waals surface area contributed by atoms with Crippen molar-refractivity contribution in [2.24, 2.45) is 5.41 Å². The molecule has 198 valence electrons. The minimum Gasteiger partial charge on any atom is -0.336 e. The maximum absolute atomic E-state index is 13.3. The molecule has 0 radical (unpaired) electrons. The smallest absolute Gasteiger partial charge is 0.315 e. The van der Waals surface area contributed by atoms with Gasteiger partial charge in [0, 0.05) is 55.0 Å². The number of carbonyl (C=O) groups is 1. The fourth-order valence-electron chi connectivity index (χ4n) is 4.30. The summed E-state index contributed by atoms with van der Waals surface area (Å²) in [5.74, 6) is 0.223. The summed E-state index contributed by atoms with van der Waals surface area (Å²) in [4.78, 5) is 37.7. The Morgan fingerprint density at radius 2 is 1.73 bits per heavy atom. The molecule has 0 aliphatic carbocycles. The number of benzene rings is 1. The highest BCUT2D eigenvalue weighted by Crippen LogP contribution is 2.26. The van der Waals surface area contributed by atoms with Crippen LogP contribution in [0.5, 0.6) is 0 Å². The first-order valence-corrected chi connectivity index (χ1v) is 13.2. The molecule has 0 aliphatic rings. The van der Waals surface area contributed by atoms with Crippen LogP contribution in [0.4, 0.5) is 9.18 Å². The number of halogens is 1. The average molecular weight is 527 g/mol. The van der Waals surface area contributed by atoms with Crippen LogP contribution < -0.4 is 16.2 Å². The van der Waals surface area contributed by atoms with Gasteiger partial charge in [-0.25, -0.2) is 19.2 Å². The van der Waals surface area contributed by atoms with Gasteiger partial charge in [0.1, 0.15) is 12.1 Å². The number of hydrogen-bond acceptors (Lipinski definition) is 6. The van der Waals surface area contributed by atoms with Crippen LogP contribution in [0.1, 0.15) is 57.7 Å². The fraction of sp³-hybridized carbons (Fsp3) is 0.444. The first-order chi connectivity index (χ1) is 17.4. The van der Waals surface area contributed by atoms with Crippen LogP contribution in [0, 0.1) is 11.2 Å². The molecule has 3 aromatic rings. The Hall–Kier alpha value is -3.27. The zero-order valence-corrected chi connectivity index (χ0v) is 22.9. The monoisotopic (exact) mass is 526 g/mol. The lowest BCUT2D eigenvalue weighted by Crippen LogP contribution is -2.50. The van der Waals surface area contributed by atoms with Crippen LogP contribution in [0.2, 0.25) is 0 Å². The standard InChI is InChI=1S/C27H35FN6O2S/c1-26(2,3)17-27(4,5)33-24(36)31-10-11-34-15-21(12-20-13-29-18-30-14-20)23(35)32-25(34)37-16-19-6-8-22(28)9-7-19/h6-9,13-15,18H,10-12,16-17H2,1-5H3,(H2,31,33,36). The van der Waals surface area contributed by atoms with Crippen LogP contribution in [0.25, 0.3) is 0 Å². The highest BCUT2D eigenvalue weighted by molar-refractivity contribution is 7.98. The van der Waals surface area contributed by atoms with Gasteiger partial charge in [-0.2, -0.15) is 4.98 Å². The lowest BCUT2D eigenvalue weighted by Gasteiger charge is -2.33. The Balaban J connectivity index is 1.72. The molecule has 1 aromatic carbocycles. The zero-order valence-electron chi connectivity index (χ0n) is 22.0. The Morgan fingerprint density at radius 3 is 2.38 bits per heavy atom. The normalized spacial score (nSPS) is 11.8. The molecule has 0 unspecified atom stereocenters. The third-order valence-corrected chi connectivity index (χ3v) is 6.44. The molecule has 0 aliphatic heterocycles. The van der Waals surface area contributed by atoms with E-state index >= 15 is 0 Å². The van der Waals surface area contributed by atoms with E-state index < -0.39 is 0 Å². The highest BCUT2D eigenvalue weighted by atomic mass is 32.2. The van der Waals surface area contributed by atoms with Crippen molar-refractivity contribution in [2.45, 2.75) is 70.5 Å². The van der Waals surface area contributed by atoms with E-state index in [1.165, 1.54) is 30.2 Å². The van der Waals surface area contributed by atoms with Crippen LogP contribution in [-0.4, -0.2) is 37.6 Å². The number of amides is 2. The van der Waals surface area contributed by atoms with Crippen LogP contribution in [0.15, 0.2) is 59.1 Å². The first-order valence-electron chi connectivity index (χ1n) is 12.2. The predicted molar refractivity (Wildman–Crippen MR) is 144 cm³/mol. The van der Waals surface area contributed by atoms with Crippen molar-refractivity contribution >= 4 is 17.8 Å². The molecule has 37 heavy (non-hydrogen) atoms. The summed E-state index contributed by atoms with van der Waals surface area (Å²) in [6, 6.07) is 5.99. The SMILES string of the molecule is CC(C)(C)CC(C)(C)NC(=O)NCCn1cc(Cc2cncnc2)c(=O)nc1SCc1ccc(F)cc1. The summed E-state index contributed by atoms with van der Waals surface area (Å²) in [6.07, 6.45) is 7.73. The minimum atomic E-state index is -0.359. The van der Waals surface area contributed by atoms with Crippen molar-refractivity contribution in [3.05, 3.63) is 82.0 Å². The topological polar surface area (TPSA) is 102 Å². The van der Waals surface area contributed by atoms with Crippen molar-refractivity contribution in [1.29, 1.82) is 0 Å². The van der Waals surface area contributed by atoms with E-state index in [9.17, 15) is 14.0 Å². The molecular formula is C27H35FN6O2S. The van der Waals surface area contributed by atoms with Crippen molar-refractivity contribution in [1.82, 2.24) is 30.2 Å². The maximum atomic E-state index is 13.3. The van der Waals surface area contributed by atoms with Gasteiger partial charge in [-0.15, -0.1) is 0 Å². The number of hydrogen-bond donors (Lipinski definition) is 2. The Labute approximate surface area is 221 Å². The van der Waals surface area contributed by atoms with E-state index in [4.69, 9.17) is 0 Å². The van der Waals surface area contributed by atoms with E-state index in [1.54, 1.807) is 30.7 Å². The largest absolute Gasteiger partial charge is 0.336 e. The lowest BCUT2D eigenvalue weighted by atomic mass is 9.82. The number of nitrogens with one attached hydrogen (secondary N) is 2. The van der Waals surface area contributed by atoms with Gasteiger partial charge in [-0.1, -0.05) is 44.7 Å². The van der Waals surface area contributed by atoms with Gasteiger partial charge in [-0.05, 0) is 48.9 Å². The lowest BCUT2D eigenvalue weighted by molar-refractivity contribution is 0.210. The quantitative estimate of drug-likeness (QED) is 0.296. The summed E-state index contributed by atoms with van der Waals surface area (Å²) >= 11 is 1.39. The number of carbonyl (C=O) groups excluding carboxylic acids is 1. The first kappa shape index (κ1) is 28.3. The van der Waals surface area contributed by atoms with Crippen LogP contribution in [-0.2, 0) is 18.7 Å². The predicted octanol–water partition coefficient (Wildman–Crippen LogP) is 4.57. The molecule has 10 heteroatoms. The molecule has 0 saturated heterocycles. The molecule has 0 fully saturated rings. The number of thioether (sulfide) groups is 1. The number of urea groups is 1. The van der Waals surface area contributed by atoms with Crippen molar-refractivity contribution in [3.63, 3.8) is 0 Å². The fourth-order valence-corrected chi connectivity index (χ4v) is 5.24. The average Bonchev–Trinajstić information content (AvgIpc) is 2.79. The minimum absolute atomic E-state index is 0.0786. The summed E-state index contributed by atoms with van der Waals surface area (Å²) < 4.78 is 15.1. The second-order valence-electron chi connectivity index (χ2n) is 10.9. The van der Waals surface area contributed by atoms with Gasteiger partial charge >= 0.3 is 6.03 Å². The van der Waals surface area contributed by atoms with Gasteiger partial charge in [0.05, 0.1) is 0 Å². The molecule has 2 heterocycles. The Bertz CT molecular complexity index is 1240. The van der Waals surface area contributed by atoms with Crippen molar-refractivity contribution < 1.29 is 9.18 Å². The number of nitrogens with zero attached hydrogens (tertiary/aromatic N) is 4. The summed E-state index contributed by atoms with van der Waals surface area (Å²) in [7, 11) is 0. The molecule has 0 bridgehead atoms. The molecule has 2 aromatic heterocycles. The third-order valence-electron chi connectivity index (χ3n) is 5.38. The van der Waals surface area contributed by atoms with Crippen LogP contribution >= 0.6 is 11.8 Å². The number of aromatic nitrogens is 4. The number of rotatable bonds is 10. The zero-order chi connectivity index (χ0) is 27.1. The molecule has 0 atom stereocenters. The van der Waals surface area contributed by atoms with Gasteiger partial charge in [0.2, 0.25) is 0 Å². The van der Waals surface area contributed by atoms with Crippen LogP contribution in [0.3, 0.4) is 0 Å². The van der Waals surface area contributed by atoms with Gasteiger partial charge < -0.3 is 15.2 Å². The third kappa shape index (κ3) is 9.60. The molecular weight excluding hydrogens is 491 g/mol. The molecule has 2 N–H and O–H groups in total. The second-order valence-corrected chi connectivity index (χ2v) is 11.8. The van der Waals surface area contributed by atoms with Crippen molar-refractivity contribution in [2.75, 3.05) is 6.54 Å². The molecule has 0 spiro atoms. The van der Waals surface area contributed by atoms with E-state index in [-0.39, 0.29) is 28.4 Å². The Morgan fingerprint density at radius 1 is 1.05 bits per heavy atom. The van der Waals surface area contributed by atoms with Gasteiger partial charge in [0.15, 0.2) is 5.16 Å². The van der Waals surface area contributed by atoms with E-state index in [0.29, 0.717) is 36.0 Å². The van der Waals surface area contributed by atoms with E-state index in [0.717, 1.165) is 17.5 Å². The summed E-state index contributed by atoms with van der Waals surface area (Å²) in [5.41, 5.74) is 1.62. The summed E-state index contributed by atoms with van der Waals surface area (Å²) in [5, 5.41) is 6.49. The second kappa shape index (κ2) is 12.3. The van der Waals surface area contributed by atoms with Gasteiger partial charge in [0.25, 0.3) is 5.56 Å².